The number of nitrogens with zero attached hydrogens (tertiary/aromatic N) is 4. The summed E-state index contributed by atoms with van der Waals surface area (Å²) < 4.78 is 1.75. The molecular weight excluding hydrogens is 300 g/mol. The second-order valence-electron chi connectivity index (χ2n) is 5.90. The highest BCUT2D eigenvalue weighted by atomic mass is 35.5. The van der Waals surface area contributed by atoms with Crippen LogP contribution in [0.5, 0.6) is 5.75 Å². The molecule has 3 rings (SSSR count). The predicted molar refractivity (Wildman–Crippen MR) is 89.2 cm³/mol. The van der Waals surface area contributed by atoms with E-state index in [1.165, 1.54) is 6.07 Å². The molecule has 0 spiro atoms. The third kappa shape index (κ3) is 3.05. The summed E-state index contributed by atoms with van der Waals surface area (Å²) in [5, 5.41) is 14.6. The molecule has 1 aromatic heterocycles. The number of hydrogen-bond donors (Lipinski definition) is 1. The third-order valence-electron chi connectivity index (χ3n) is 4.35. The molecule has 0 bridgehead atoms. The van der Waals surface area contributed by atoms with Crippen molar-refractivity contribution in [2.24, 2.45) is 0 Å². The number of likely N-dealkylation sites (tertiary alicyclic amines) is 1. The highest BCUT2D eigenvalue weighted by Gasteiger charge is 2.22. The molecule has 1 aliphatic rings. The number of piperidine rings is 1. The van der Waals surface area contributed by atoms with Gasteiger partial charge < -0.3 is 14.9 Å². The van der Waals surface area contributed by atoms with Crippen LogP contribution in [0.1, 0.15) is 12.8 Å². The van der Waals surface area contributed by atoms with Gasteiger partial charge in [0.15, 0.2) is 5.82 Å². The molecule has 5 nitrogen and oxygen atoms in total. The van der Waals surface area contributed by atoms with Crippen LogP contribution < -0.4 is 4.90 Å². The van der Waals surface area contributed by atoms with E-state index in [0.717, 1.165) is 37.4 Å². The standard InChI is InChI=1S/C16H21ClN4O/c1-19-8-5-12(6-9-19)20(2)16-7-10-21(18-16)15-4-3-13(22)11-14(15)17/h3-4,7,10-12,22H,5-6,8-9H2,1-2H3. The Hall–Kier alpha value is -1.72. The van der Waals surface area contributed by atoms with Gasteiger partial charge in [-0.1, -0.05) is 11.6 Å². The van der Waals surface area contributed by atoms with Gasteiger partial charge in [-0.2, -0.15) is 5.10 Å². The molecule has 2 heterocycles. The fraction of sp³-hybridized carbons (Fsp3) is 0.438. The molecule has 1 aromatic carbocycles. The van der Waals surface area contributed by atoms with Gasteiger partial charge in [-0.05, 0) is 45.1 Å². The van der Waals surface area contributed by atoms with Crippen molar-refractivity contribution in [2.75, 3.05) is 32.1 Å². The van der Waals surface area contributed by atoms with Gasteiger partial charge in [0.1, 0.15) is 5.75 Å². The van der Waals surface area contributed by atoms with E-state index in [2.05, 4.69) is 29.0 Å². The van der Waals surface area contributed by atoms with E-state index in [9.17, 15) is 5.11 Å². The summed E-state index contributed by atoms with van der Waals surface area (Å²) in [5.74, 6) is 1.10. The number of hydrogen-bond acceptors (Lipinski definition) is 4. The largest absolute Gasteiger partial charge is 0.508 e. The number of aromatic hydroxyl groups is 1. The van der Waals surface area contributed by atoms with Crippen molar-refractivity contribution < 1.29 is 5.11 Å². The van der Waals surface area contributed by atoms with Crippen LogP contribution in [0.2, 0.25) is 5.02 Å². The van der Waals surface area contributed by atoms with Crippen molar-refractivity contribution in [2.45, 2.75) is 18.9 Å². The van der Waals surface area contributed by atoms with Gasteiger partial charge in [0, 0.05) is 31.4 Å². The molecule has 2 aromatic rings. The van der Waals surface area contributed by atoms with Gasteiger partial charge in [-0.3, -0.25) is 0 Å². The van der Waals surface area contributed by atoms with E-state index in [0.29, 0.717) is 11.1 Å². The highest BCUT2D eigenvalue weighted by molar-refractivity contribution is 6.32. The summed E-state index contributed by atoms with van der Waals surface area (Å²) in [7, 11) is 4.26. The lowest BCUT2D eigenvalue weighted by molar-refractivity contribution is 0.252. The lowest BCUT2D eigenvalue weighted by Gasteiger charge is -2.35. The molecule has 6 heteroatoms. The first-order valence-corrected chi connectivity index (χ1v) is 7.88. The van der Waals surface area contributed by atoms with Crippen LogP contribution in [0, 0.1) is 0 Å². The monoisotopic (exact) mass is 320 g/mol. The number of benzene rings is 1. The zero-order valence-electron chi connectivity index (χ0n) is 12.9. The van der Waals surface area contributed by atoms with Crippen LogP contribution in [0.3, 0.4) is 0 Å². The molecule has 0 amide bonds. The van der Waals surface area contributed by atoms with Crippen LogP contribution in [0.25, 0.3) is 5.69 Å². The quantitative estimate of drug-likeness (QED) is 0.944. The minimum atomic E-state index is 0.157. The summed E-state index contributed by atoms with van der Waals surface area (Å²) in [6, 6.07) is 7.43. The maximum absolute atomic E-state index is 9.44. The maximum Gasteiger partial charge on any atom is 0.151 e. The molecule has 1 saturated heterocycles. The Morgan fingerprint density at radius 2 is 2.00 bits per heavy atom. The topological polar surface area (TPSA) is 44.5 Å². The zero-order chi connectivity index (χ0) is 15.7. The fourth-order valence-corrected chi connectivity index (χ4v) is 3.15. The van der Waals surface area contributed by atoms with Crippen molar-refractivity contribution in [3.63, 3.8) is 0 Å². The van der Waals surface area contributed by atoms with Crippen molar-refractivity contribution in [3.05, 3.63) is 35.5 Å². The molecule has 1 N–H and O–H groups in total. The first-order chi connectivity index (χ1) is 10.5. The Morgan fingerprint density at radius 3 is 2.68 bits per heavy atom. The fourth-order valence-electron chi connectivity index (χ4n) is 2.89. The predicted octanol–water partition coefficient (Wildman–Crippen LogP) is 2.76. The normalized spacial score (nSPS) is 16.9. The van der Waals surface area contributed by atoms with Gasteiger partial charge in [-0.15, -0.1) is 0 Å². The Kier molecular flexibility index (Phi) is 4.27. The van der Waals surface area contributed by atoms with E-state index in [1.807, 2.05) is 12.3 Å². The third-order valence-corrected chi connectivity index (χ3v) is 4.65. The number of phenols is 1. The van der Waals surface area contributed by atoms with Crippen LogP contribution >= 0.6 is 11.6 Å². The molecule has 0 unspecified atom stereocenters. The SMILES string of the molecule is CN1CCC(N(C)c2ccn(-c3ccc(O)cc3Cl)n2)CC1. The van der Waals surface area contributed by atoms with Crippen molar-refractivity contribution >= 4 is 17.4 Å². The first kappa shape index (κ1) is 15.2. The van der Waals surface area contributed by atoms with E-state index >= 15 is 0 Å². The minimum Gasteiger partial charge on any atom is -0.508 e. The summed E-state index contributed by atoms with van der Waals surface area (Å²) in [4.78, 5) is 4.61. The molecule has 1 fully saturated rings. The number of anilines is 1. The Morgan fingerprint density at radius 1 is 1.27 bits per heavy atom. The Labute approximate surface area is 135 Å². The van der Waals surface area contributed by atoms with E-state index in [-0.39, 0.29) is 5.75 Å². The molecule has 118 valence electrons. The van der Waals surface area contributed by atoms with Crippen LogP contribution in [-0.2, 0) is 0 Å². The van der Waals surface area contributed by atoms with Gasteiger partial charge in [-0.25, -0.2) is 4.68 Å². The molecule has 1 aliphatic heterocycles. The maximum atomic E-state index is 9.44. The molecule has 0 atom stereocenters. The molecule has 0 saturated carbocycles. The van der Waals surface area contributed by atoms with Gasteiger partial charge in [0.2, 0.25) is 0 Å². The van der Waals surface area contributed by atoms with E-state index < -0.39 is 0 Å². The van der Waals surface area contributed by atoms with Gasteiger partial charge in [0.05, 0.1) is 10.7 Å². The summed E-state index contributed by atoms with van der Waals surface area (Å²) >= 11 is 6.18. The highest BCUT2D eigenvalue weighted by Crippen LogP contribution is 2.26. The van der Waals surface area contributed by atoms with E-state index in [1.54, 1.807) is 16.8 Å². The number of rotatable bonds is 3. The van der Waals surface area contributed by atoms with Gasteiger partial charge in [0.25, 0.3) is 0 Å². The lowest BCUT2D eigenvalue weighted by Crippen LogP contribution is -2.42. The Bertz CT molecular complexity index is 649. The first-order valence-electron chi connectivity index (χ1n) is 7.50. The van der Waals surface area contributed by atoms with Crippen LogP contribution in [-0.4, -0.2) is 53.0 Å². The molecule has 0 aliphatic carbocycles. The summed E-state index contributed by atoms with van der Waals surface area (Å²) in [6.07, 6.45) is 4.21. The van der Waals surface area contributed by atoms with Crippen molar-refractivity contribution in [3.8, 4) is 11.4 Å². The number of phenolic OH excluding ortho intramolecular Hbond substituents is 1. The van der Waals surface area contributed by atoms with Crippen LogP contribution in [0.4, 0.5) is 5.82 Å². The van der Waals surface area contributed by atoms with E-state index in [4.69, 9.17) is 11.6 Å². The molecule has 0 radical (unpaired) electrons. The second-order valence-corrected chi connectivity index (χ2v) is 6.31. The summed E-state index contributed by atoms with van der Waals surface area (Å²) in [6.45, 7) is 2.25. The number of aromatic nitrogens is 2. The van der Waals surface area contributed by atoms with Gasteiger partial charge >= 0.3 is 0 Å². The van der Waals surface area contributed by atoms with Crippen LogP contribution in [0.15, 0.2) is 30.5 Å². The second kappa shape index (κ2) is 6.18. The zero-order valence-corrected chi connectivity index (χ0v) is 13.7. The minimum absolute atomic E-state index is 0.157. The molecular formula is C16H21ClN4O. The smallest absolute Gasteiger partial charge is 0.151 e. The Balaban J connectivity index is 1.78. The van der Waals surface area contributed by atoms with Crippen molar-refractivity contribution in [1.82, 2.24) is 14.7 Å². The average Bonchev–Trinajstić information content (AvgIpc) is 2.97. The average molecular weight is 321 g/mol. The lowest BCUT2D eigenvalue weighted by atomic mass is 10.0. The number of halogens is 1. The van der Waals surface area contributed by atoms with Crippen molar-refractivity contribution in [1.29, 1.82) is 0 Å². The summed E-state index contributed by atoms with van der Waals surface area (Å²) in [5.41, 5.74) is 0.766. The molecule has 22 heavy (non-hydrogen) atoms.